The standard InChI is InChI=1S/C9H18NO2P.C8H17N/c1-6(7(2)11)10-8(13)12-9(3,4)5;1-6-7(2)8(3)9(4)5/h6H,13H2,1-5H3;6H2,1-5H3. The monoisotopic (exact) mass is 330 g/mol. The zero-order valence-electron chi connectivity index (χ0n) is 16.1. The Kier molecular flexibility index (Phi) is 11.4. The highest BCUT2D eigenvalue weighted by atomic mass is 31.0. The van der Waals surface area contributed by atoms with Gasteiger partial charge in [0.25, 0.3) is 0 Å². The Morgan fingerprint density at radius 1 is 1.23 bits per heavy atom. The van der Waals surface area contributed by atoms with Crippen LogP contribution in [0.4, 0.5) is 0 Å². The lowest BCUT2D eigenvalue weighted by atomic mass is 10.2. The van der Waals surface area contributed by atoms with Gasteiger partial charge in [-0.05, 0) is 64.1 Å². The largest absolute Gasteiger partial charge is 0.472 e. The van der Waals surface area contributed by atoms with Crippen molar-refractivity contribution in [2.24, 2.45) is 4.99 Å². The second-order valence-corrected chi connectivity index (χ2v) is 7.08. The molecule has 0 rings (SSSR count). The summed E-state index contributed by atoms with van der Waals surface area (Å²) in [4.78, 5) is 17.1. The molecule has 0 aliphatic rings. The zero-order chi connectivity index (χ0) is 18.1. The van der Waals surface area contributed by atoms with E-state index in [1.807, 2.05) is 20.8 Å². The van der Waals surface area contributed by atoms with Gasteiger partial charge in [0.05, 0.1) is 0 Å². The summed E-state index contributed by atoms with van der Waals surface area (Å²) in [6, 6.07) is -0.324. The van der Waals surface area contributed by atoms with Crippen molar-refractivity contribution in [3.05, 3.63) is 11.3 Å². The van der Waals surface area contributed by atoms with Gasteiger partial charge >= 0.3 is 0 Å². The molecule has 0 saturated heterocycles. The number of allylic oxidation sites excluding steroid dienone is 2. The van der Waals surface area contributed by atoms with Crippen molar-refractivity contribution in [1.29, 1.82) is 0 Å². The highest BCUT2D eigenvalue weighted by Gasteiger charge is 2.13. The van der Waals surface area contributed by atoms with Crippen LogP contribution in [0, 0.1) is 0 Å². The van der Waals surface area contributed by atoms with Crippen LogP contribution in [-0.2, 0) is 9.53 Å². The van der Waals surface area contributed by atoms with Crippen LogP contribution in [0.25, 0.3) is 0 Å². The molecule has 0 fully saturated rings. The predicted octanol–water partition coefficient (Wildman–Crippen LogP) is 4.26. The van der Waals surface area contributed by atoms with Gasteiger partial charge in [-0.15, -0.1) is 0 Å². The van der Waals surface area contributed by atoms with E-state index in [0.29, 0.717) is 5.64 Å². The Labute approximate surface area is 139 Å². The minimum absolute atomic E-state index is 0.0393. The molecule has 0 aromatic heterocycles. The maximum absolute atomic E-state index is 10.9. The smallest absolute Gasteiger partial charge is 0.200 e. The minimum Gasteiger partial charge on any atom is -0.472 e. The summed E-state index contributed by atoms with van der Waals surface area (Å²) in [5, 5.41) is 0. The van der Waals surface area contributed by atoms with Crippen LogP contribution in [0.1, 0.15) is 61.8 Å². The van der Waals surface area contributed by atoms with Crippen LogP contribution in [0.15, 0.2) is 16.3 Å². The molecule has 0 aromatic rings. The Balaban J connectivity index is 0. The average molecular weight is 330 g/mol. The zero-order valence-corrected chi connectivity index (χ0v) is 17.2. The third-order valence-electron chi connectivity index (χ3n) is 3.14. The normalized spacial score (nSPS) is 14.4. The molecule has 5 heteroatoms. The Bertz CT molecular complexity index is 407. The quantitative estimate of drug-likeness (QED) is 0.439. The third kappa shape index (κ3) is 12.8. The van der Waals surface area contributed by atoms with E-state index in [2.05, 4.69) is 54.0 Å². The van der Waals surface area contributed by atoms with E-state index in [1.165, 1.54) is 18.2 Å². The van der Waals surface area contributed by atoms with Gasteiger partial charge in [0.2, 0.25) is 5.64 Å². The highest BCUT2D eigenvalue weighted by Crippen LogP contribution is 2.11. The molecular weight excluding hydrogens is 295 g/mol. The molecule has 2 atom stereocenters. The van der Waals surface area contributed by atoms with E-state index in [4.69, 9.17) is 4.74 Å². The van der Waals surface area contributed by atoms with Crippen molar-refractivity contribution < 1.29 is 9.53 Å². The minimum atomic E-state index is -0.324. The lowest BCUT2D eigenvalue weighted by molar-refractivity contribution is -0.117. The van der Waals surface area contributed by atoms with Crippen molar-refractivity contribution in [1.82, 2.24) is 4.90 Å². The molecule has 0 bridgehead atoms. The van der Waals surface area contributed by atoms with Crippen LogP contribution in [0.3, 0.4) is 0 Å². The van der Waals surface area contributed by atoms with Gasteiger partial charge < -0.3 is 9.64 Å². The van der Waals surface area contributed by atoms with Gasteiger partial charge in [-0.3, -0.25) is 4.79 Å². The summed E-state index contributed by atoms with van der Waals surface area (Å²) in [6.45, 7) is 15.6. The molecule has 2 unspecified atom stereocenters. The maximum atomic E-state index is 10.9. The van der Waals surface area contributed by atoms with Crippen LogP contribution in [0.5, 0.6) is 0 Å². The number of carbonyl (C=O) groups is 1. The Morgan fingerprint density at radius 3 is 1.91 bits per heavy atom. The van der Waals surface area contributed by atoms with Gasteiger partial charge in [-0.1, -0.05) is 12.5 Å². The molecule has 0 saturated carbocycles. The SMILES string of the molecule is CC(=O)C(C)N=C(P)OC(C)(C)C.CCC(C)=C(C)N(C)C. The van der Waals surface area contributed by atoms with Crippen LogP contribution < -0.4 is 0 Å². The van der Waals surface area contributed by atoms with Crippen molar-refractivity contribution >= 4 is 20.7 Å². The molecule has 0 heterocycles. The number of ether oxygens (including phenoxy) is 1. The second-order valence-electron chi connectivity index (χ2n) is 6.58. The molecule has 0 spiro atoms. The van der Waals surface area contributed by atoms with Crippen molar-refractivity contribution in [3.8, 4) is 0 Å². The lowest BCUT2D eigenvalue weighted by Gasteiger charge is -2.20. The first-order valence-corrected chi connectivity index (χ1v) is 8.25. The van der Waals surface area contributed by atoms with Crippen LogP contribution in [-0.4, -0.2) is 42.1 Å². The number of carbonyl (C=O) groups excluding carboxylic acids is 1. The van der Waals surface area contributed by atoms with Gasteiger partial charge in [-0.2, -0.15) is 0 Å². The van der Waals surface area contributed by atoms with Gasteiger partial charge in [-0.25, -0.2) is 4.99 Å². The fourth-order valence-corrected chi connectivity index (χ4v) is 1.84. The van der Waals surface area contributed by atoms with Crippen molar-refractivity contribution in [2.45, 2.75) is 73.5 Å². The number of rotatable bonds is 4. The first-order chi connectivity index (χ1) is 9.81. The number of ketones is 1. The average Bonchev–Trinajstić information content (AvgIpc) is 2.34. The van der Waals surface area contributed by atoms with Crippen molar-refractivity contribution in [2.75, 3.05) is 14.1 Å². The van der Waals surface area contributed by atoms with Gasteiger partial charge in [0.15, 0.2) is 5.78 Å². The number of aliphatic imine (C=N–C) groups is 1. The molecular formula is C17H35N2O2P. The molecule has 22 heavy (non-hydrogen) atoms. The summed E-state index contributed by atoms with van der Waals surface area (Å²) in [6.07, 6.45) is 1.16. The fraction of sp³-hybridized carbons (Fsp3) is 0.765. The molecule has 0 aromatic carbocycles. The molecule has 0 N–H and O–H groups in total. The first kappa shape index (κ1) is 23.4. The molecule has 0 aliphatic heterocycles. The summed E-state index contributed by atoms with van der Waals surface area (Å²) >= 11 is 0. The van der Waals surface area contributed by atoms with E-state index < -0.39 is 0 Å². The van der Waals surface area contributed by atoms with Gasteiger partial charge in [0.1, 0.15) is 11.6 Å². The molecule has 130 valence electrons. The number of nitrogens with zero attached hydrogens (tertiary/aromatic N) is 2. The first-order valence-electron chi connectivity index (χ1n) is 7.68. The maximum Gasteiger partial charge on any atom is 0.200 e. The highest BCUT2D eigenvalue weighted by molar-refractivity contribution is 7.39. The molecule has 4 nitrogen and oxygen atoms in total. The summed E-state index contributed by atoms with van der Waals surface area (Å²) in [7, 11) is 6.54. The van der Waals surface area contributed by atoms with Gasteiger partial charge in [0, 0.05) is 19.8 Å². The summed E-state index contributed by atoms with van der Waals surface area (Å²) in [5.41, 5.74) is 3.07. The summed E-state index contributed by atoms with van der Waals surface area (Å²) < 4.78 is 5.42. The predicted molar refractivity (Wildman–Crippen MR) is 100 cm³/mol. The van der Waals surface area contributed by atoms with E-state index in [0.717, 1.165) is 6.42 Å². The van der Waals surface area contributed by atoms with Crippen molar-refractivity contribution in [3.63, 3.8) is 0 Å². The van der Waals surface area contributed by atoms with E-state index in [1.54, 1.807) is 6.92 Å². The second kappa shape index (κ2) is 10.8. The molecule has 0 radical (unpaired) electrons. The Hall–Kier alpha value is -0.890. The van der Waals surface area contributed by atoms with E-state index in [9.17, 15) is 4.79 Å². The van der Waals surface area contributed by atoms with E-state index in [-0.39, 0.29) is 17.4 Å². The summed E-state index contributed by atoms with van der Waals surface area (Å²) in [5.74, 6) is 0.0393. The molecule has 0 aliphatic carbocycles. The Morgan fingerprint density at radius 2 is 1.68 bits per heavy atom. The lowest BCUT2D eigenvalue weighted by Crippen LogP contribution is -2.22. The van der Waals surface area contributed by atoms with Crippen LogP contribution >= 0.6 is 9.24 Å². The topological polar surface area (TPSA) is 41.9 Å². The molecule has 0 amide bonds. The van der Waals surface area contributed by atoms with Crippen LogP contribution in [0.2, 0.25) is 0 Å². The fourth-order valence-electron chi connectivity index (χ4n) is 1.26. The number of Topliss-reactive ketones (excluding diaryl/α,β-unsaturated/α-hetero) is 1. The number of hydrogen-bond donors (Lipinski definition) is 0. The van der Waals surface area contributed by atoms with E-state index >= 15 is 0 Å². The third-order valence-corrected chi connectivity index (χ3v) is 3.41. The number of hydrogen-bond acceptors (Lipinski definition) is 4.